The van der Waals surface area contributed by atoms with E-state index in [0.717, 1.165) is 16.6 Å². The summed E-state index contributed by atoms with van der Waals surface area (Å²) in [5.41, 5.74) is 4.37. The Kier molecular flexibility index (Phi) is 18.1. The Morgan fingerprint density at radius 1 is 0.551 bits per heavy atom. The van der Waals surface area contributed by atoms with Gasteiger partial charge in [-0.2, -0.15) is 0 Å². The zero-order valence-electron chi connectivity index (χ0n) is 33.4. The molecule has 0 saturated heterocycles. The highest BCUT2D eigenvalue weighted by Gasteiger charge is 2.25. The minimum Gasteiger partial charge on any atom is -0.309 e. The lowest BCUT2D eigenvalue weighted by Gasteiger charge is -2.26. The molecule has 1 heterocycles. The zero-order chi connectivity index (χ0) is 37.6. The molecule has 1 aromatic heterocycles. The molecule has 1 saturated carbocycles. The molecule has 2 aromatic carbocycles. The highest BCUT2D eigenvalue weighted by atomic mass is 35.5. The highest BCUT2D eigenvalue weighted by molar-refractivity contribution is 6.30. The lowest BCUT2D eigenvalue weighted by atomic mass is 10.0. The molecular formula is C42H69ClFN5. The van der Waals surface area contributed by atoms with E-state index in [2.05, 4.69) is 142 Å². The van der Waals surface area contributed by atoms with Crippen molar-refractivity contribution in [3.8, 4) is 0 Å². The van der Waals surface area contributed by atoms with Crippen LogP contribution in [-0.4, -0.2) is 33.2 Å². The van der Waals surface area contributed by atoms with E-state index < -0.39 is 0 Å². The van der Waals surface area contributed by atoms with Gasteiger partial charge in [0.05, 0.1) is 0 Å². The van der Waals surface area contributed by atoms with Gasteiger partial charge in [-0.1, -0.05) is 35.9 Å². The zero-order valence-corrected chi connectivity index (χ0v) is 34.1. The molecule has 0 spiro atoms. The summed E-state index contributed by atoms with van der Waals surface area (Å²) in [6.07, 6.45) is 6.43. The van der Waals surface area contributed by atoms with Gasteiger partial charge in [0.1, 0.15) is 5.82 Å². The fourth-order valence-corrected chi connectivity index (χ4v) is 5.32. The number of halogens is 2. The molecule has 1 aliphatic carbocycles. The molecule has 4 rings (SSSR count). The molecule has 0 amide bonds. The van der Waals surface area contributed by atoms with Crippen LogP contribution in [0.1, 0.15) is 152 Å². The van der Waals surface area contributed by atoms with Crippen LogP contribution in [0.15, 0.2) is 73.1 Å². The average molecular weight is 698 g/mol. The maximum absolute atomic E-state index is 12.7. The van der Waals surface area contributed by atoms with Crippen LogP contribution in [0, 0.1) is 5.82 Å². The fraction of sp³-hybridized carbons (Fsp3) is 0.595. The van der Waals surface area contributed by atoms with E-state index in [4.69, 9.17) is 11.6 Å². The quantitative estimate of drug-likeness (QED) is 0.198. The lowest BCUT2D eigenvalue weighted by Crippen LogP contribution is -2.37. The molecule has 7 heteroatoms. The van der Waals surface area contributed by atoms with E-state index >= 15 is 0 Å². The standard InChI is InChI=1S/C12H18ClN.C12H18FN.C11H18N2.C7H15N/c2*1-9(14-12(2,3)4)10-5-7-11(13)8-6-10;1-9(13-11(2,3)4)10-5-7-12-8-6-10;1-7(2,3)8-6-4-5-6/h2*5-9,14H,1-4H3;5-9,13H,1-4H3;6,8H,4-5H2,1-3H3/t3*9-;/m000./s1. The van der Waals surface area contributed by atoms with Gasteiger partial charge in [-0.25, -0.2) is 4.39 Å². The molecule has 3 aromatic rings. The molecule has 4 N–H and O–H groups in total. The summed E-state index contributed by atoms with van der Waals surface area (Å²) in [7, 11) is 0. The van der Waals surface area contributed by atoms with Crippen molar-refractivity contribution in [2.45, 2.75) is 163 Å². The number of hydrogen-bond donors (Lipinski definition) is 4. The molecule has 0 aliphatic heterocycles. The van der Waals surface area contributed by atoms with Gasteiger partial charge in [0.15, 0.2) is 0 Å². The lowest BCUT2D eigenvalue weighted by molar-refractivity contribution is 0.377. The van der Waals surface area contributed by atoms with Crippen LogP contribution in [0.4, 0.5) is 4.39 Å². The molecular weight excluding hydrogens is 629 g/mol. The molecule has 3 atom stereocenters. The van der Waals surface area contributed by atoms with Crippen LogP contribution in [-0.2, 0) is 0 Å². The predicted molar refractivity (Wildman–Crippen MR) is 212 cm³/mol. The maximum atomic E-state index is 12.7. The van der Waals surface area contributed by atoms with E-state index in [1.54, 1.807) is 0 Å². The normalized spacial score (nSPS) is 15.3. The minimum absolute atomic E-state index is 0.0772. The molecule has 0 bridgehead atoms. The van der Waals surface area contributed by atoms with Crippen molar-refractivity contribution >= 4 is 11.6 Å². The number of nitrogens with zero attached hydrogens (tertiary/aromatic N) is 1. The average Bonchev–Trinajstić information content (AvgIpc) is 3.75. The van der Waals surface area contributed by atoms with E-state index in [9.17, 15) is 4.39 Å². The van der Waals surface area contributed by atoms with E-state index in [1.807, 2.05) is 48.8 Å². The smallest absolute Gasteiger partial charge is 0.123 e. The van der Waals surface area contributed by atoms with E-state index in [0.29, 0.717) is 17.6 Å². The van der Waals surface area contributed by atoms with Crippen molar-refractivity contribution < 1.29 is 4.39 Å². The third-order valence-corrected chi connectivity index (χ3v) is 7.36. The molecule has 1 aliphatic rings. The molecule has 1 fully saturated rings. The number of hydrogen-bond acceptors (Lipinski definition) is 5. The van der Waals surface area contributed by atoms with Gasteiger partial charge in [-0.05, 0) is 170 Å². The minimum atomic E-state index is -0.184. The third kappa shape index (κ3) is 23.6. The van der Waals surface area contributed by atoms with Gasteiger partial charge in [0.25, 0.3) is 0 Å². The summed E-state index contributed by atoms with van der Waals surface area (Å²) >= 11 is 5.83. The van der Waals surface area contributed by atoms with Crippen molar-refractivity contribution in [1.29, 1.82) is 0 Å². The van der Waals surface area contributed by atoms with Crippen LogP contribution < -0.4 is 21.3 Å². The topological polar surface area (TPSA) is 61.0 Å². The van der Waals surface area contributed by atoms with Crippen LogP contribution in [0.5, 0.6) is 0 Å². The first-order valence-electron chi connectivity index (χ1n) is 17.9. The number of rotatable bonds is 7. The number of pyridine rings is 1. The van der Waals surface area contributed by atoms with Crippen molar-refractivity contribution in [3.05, 3.63) is 101 Å². The second kappa shape index (κ2) is 19.9. The van der Waals surface area contributed by atoms with Crippen molar-refractivity contribution in [3.63, 3.8) is 0 Å². The second-order valence-corrected chi connectivity index (χ2v) is 17.8. The molecule has 49 heavy (non-hydrogen) atoms. The third-order valence-electron chi connectivity index (χ3n) is 7.11. The summed E-state index contributed by atoms with van der Waals surface area (Å²) in [5, 5.41) is 14.7. The van der Waals surface area contributed by atoms with Crippen LogP contribution >= 0.6 is 11.6 Å². The van der Waals surface area contributed by atoms with Gasteiger partial charge in [0.2, 0.25) is 0 Å². The van der Waals surface area contributed by atoms with Gasteiger partial charge in [-0.15, -0.1) is 0 Å². The predicted octanol–water partition coefficient (Wildman–Crippen LogP) is 11.1. The molecule has 5 nitrogen and oxygen atoms in total. The van der Waals surface area contributed by atoms with E-state index in [-0.39, 0.29) is 28.5 Å². The van der Waals surface area contributed by atoms with Crippen molar-refractivity contribution in [2.75, 3.05) is 0 Å². The Bertz CT molecular complexity index is 1230. The number of aromatic nitrogens is 1. The summed E-state index contributed by atoms with van der Waals surface area (Å²) in [6, 6.07) is 20.5. The Labute approximate surface area is 305 Å². The summed E-state index contributed by atoms with van der Waals surface area (Å²) in [6.45, 7) is 32.4. The summed E-state index contributed by atoms with van der Waals surface area (Å²) < 4.78 is 12.7. The maximum Gasteiger partial charge on any atom is 0.123 e. The largest absolute Gasteiger partial charge is 0.309 e. The van der Waals surface area contributed by atoms with Crippen molar-refractivity contribution in [1.82, 2.24) is 26.3 Å². The number of benzene rings is 2. The second-order valence-electron chi connectivity index (χ2n) is 17.4. The first-order chi connectivity index (χ1) is 22.3. The van der Waals surface area contributed by atoms with Crippen LogP contribution in [0.2, 0.25) is 5.02 Å². The Balaban J connectivity index is 0.000000332. The molecule has 0 radical (unpaired) electrons. The van der Waals surface area contributed by atoms with Crippen molar-refractivity contribution in [2.24, 2.45) is 0 Å². The first-order valence-corrected chi connectivity index (χ1v) is 18.2. The highest BCUT2D eigenvalue weighted by Crippen LogP contribution is 2.22. The van der Waals surface area contributed by atoms with Gasteiger partial charge < -0.3 is 21.3 Å². The van der Waals surface area contributed by atoms with Gasteiger partial charge in [0, 0.05) is 63.7 Å². The number of nitrogens with one attached hydrogen (secondary N) is 4. The van der Waals surface area contributed by atoms with Gasteiger partial charge in [-0.3, -0.25) is 4.98 Å². The van der Waals surface area contributed by atoms with E-state index in [1.165, 1.54) is 36.1 Å². The van der Waals surface area contributed by atoms with Crippen LogP contribution in [0.3, 0.4) is 0 Å². The fourth-order valence-electron chi connectivity index (χ4n) is 5.19. The Morgan fingerprint density at radius 3 is 1.16 bits per heavy atom. The Hall–Kier alpha value is -2.35. The van der Waals surface area contributed by atoms with Gasteiger partial charge >= 0.3 is 0 Å². The first kappa shape index (κ1) is 44.7. The SMILES string of the molecule is CC(C)(C)NC1CC1.C[C@H](NC(C)(C)C)c1ccc(Cl)cc1.C[C@H](NC(C)(C)C)c1ccc(F)cc1.C[C@H](NC(C)(C)C)c1ccncc1. The molecule has 276 valence electrons. The Morgan fingerprint density at radius 2 is 0.878 bits per heavy atom. The molecule has 0 unspecified atom stereocenters. The summed E-state index contributed by atoms with van der Waals surface area (Å²) in [5.74, 6) is -0.184. The summed E-state index contributed by atoms with van der Waals surface area (Å²) in [4.78, 5) is 4.00. The monoisotopic (exact) mass is 698 g/mol. The van der Waals surface area contributed by atoms with Crippen LogP contribution in [0.25, 0.3) is 0 Å².